The third kappa shape index (κ3) is 3.89. The molecule has 0 amide bonds. The van der Waals surface area contributed by atoms with Crippen LogP contribution in [0.2, 0.25) is 0 Å². The van der Waals surface area contributed by atoms with Crippen LogP contribution in [-0.4, -0.2) is 52.6 Å². The molecular weight excluding hydrogens is 278 g/mol. The second-order valence-electron chi connectivity index (χ2n) is 7.79. The Balaban J connectivity index is 1.97. The van der Waals surface area contributed by atoms with Crippen molar-refractivity contribution in [1.82, 2.24) is 15.1 Å². The minimum absolute atomic E-state index is 0.192. The van der Waals surface area contributed by atoms with Gasteiger partial charge >= 0.3 is 0 Å². The standard InChI is InChI=1S/C17H31N3O2/c1-13(2)8-14-9-15(19-18-14)10-20-7-6-17(21,12-22-5)16(3,4)11-20/h9,13,21H,6-8,10-12H2,1-5H3,(H,18,19)/t17-/m1/s1. The third-order valence-corrected chi connectivity index (χ3v) is 4.80. The molecule has 5 heteroatoms. The number of methoxy groups -OCH3 is 1. The van der Waals surface area contributed by atoms with Crippen molar-refractivity contribution in [2.24, 2.45) is 11.3 Å². The molecule has 0 unspecified atom stereocenters. The van der Waals surface area contributed by atoms with E-state index in [1.807, 2.05) is 0 Å². The Morgan fingerprint density at radius 1 is 1.45 bits per heavy atom. The Morgan fingerprint density at radius 3 is 2.77 bits per heavy atom. The van der Waals surface area contributed by atoms with Crippen LogP contribution in [0.5, 0.6) is 0 Å². The molecule has 0 bridgehead atoms. The highest BCUT2D eigenvalue weighted by atomic mass is 16.5. The highest BCUT2D eigenvalue weighted by molar-refractivity contribution is 5.10. The topological polar surface area (TPSA) is 61.4 Å². The lowest BCUT2D eigenvalue weighted by atomic mass is 9.70. The first-order valence-electron chi connectivity index (χ1n) is 8.22. The van der Waals surface area contributed by atoms with Gasteiger partial charge in [0.25, 0.3) is 0 Å². The van der Waals surface area contributed by atoms with E-state index in [0.717, 1.165) is 43.9 Å². The van der Waals surface area contributed by atoms with Crippen molar-refractivity contribution in [3.05, 3.63) is 17.5 Å². The second kappa shape index (κ2) is 6.69. The van der Waals surface area contributed by atoms with Gasteiger partial charge in [0.2, 0.25) is 0 Å². The van der Waals surface area contributed by atoms with E-state index < -0.39 is 5.60 Å². The molecule has 1 aliphatic rings. The summed E-state index contributed by atoms with van der Waals surface area (Å²) < 4.78 is 5.23. The van der Waals surface area contributed by atoms with Gasteiger partial charge < -0.3 is 9.84 Å². The number of likely N-dealkylation sites (tertiary alicyclic amines) is 1. The van der Waals surface area contributed by atoms with Gasteiger partial charge in [0.1, 0.15) is 0 Å². The summed E-state index contributed by atoms with van der Waals surface area (Å²) in [6, 6.07) is 2.17. The van der Waals surface area contributed by atoms with E-state index in [1.54, 1.807) is 7.11 Å². The zero-order chi connectivity index (χ0) is 16.4. The van der Waals surface area contributed by atoms with E-state index in [9.17, 15) is 5.11 Å². The number of H-pyrrole nitrogens is 1. The molecule has 5 nitrogen and oxygen atoms in total. The molecule has 0 radical (unpaired) electrons. The summed E-state index contributed by atoms with van der Waals surface area (Å²) in [5, 5.41) is 18.4. The quantitative estimate of drug-likeness (QED) is 0.846. The Kier molecular flexibility index (Phi) is 5.30. The first kappa shape index (κ1) is 17.4. The first-order valence-corrected chi connectivity index (χ1v) is 8.22. The molecule has 0 aromatic carbocycles. The highest BCUT2D eigenvalue weighted by Gasteiger charge is 2.47. The van der Waals surface area contributed by atoms with Crippen LogP contribution in [0.25, 0.3) is 0 Å². The van der Waals surface area contributed by atoms with Crippen molar-refractivity contribution >= 4 is 0 Å². The monoisotopic (exact) mass is 309 g/mol. The van der Waals surface area contributed by atoms with Crippen molar-refractivity contribution < 1.29 is 9.84 Å². The van der Waals surface area contributed by atoms with Crippen LogP contribution in [0.3, 0.4) is 0 Å². The number of nitrogens with one attached hydrogen (secondary N) is 1. The maximum absolute atomic E-state index is 10.8. The highest BCUT2D eigenvalue weighted by Crippen LogP contribution is 2.39. The number of aromatic nitrogens is 2. The molecule has 126 valence electrons. The van der Waals surface area contributed by atoms with Crippen LogP contribution in [0.1, 0.15) is 45.5 Å². The lowest BCUT2D eigenvalue weighted by Crippen LogP contribution is -2.59. The van der Waals surface area contributed by atoms with Gasteiger partial charge in [0.15, 0.2) is 0 Å². The fraction of sp³-hybridized carbons (Fsp3) is 0.824. The van der Waals surface area contributed by atoms with Gasteiger partial charge in [-0.2, -0.15) is 5.10 Å². The van der Waals surface area contributed by atoms with Gasteiger partial charge in [-0.05, 0) is 24.8 Å². The Morgan fingerprint density at radius 2 is 2.18 bits per heavy atom. The Hall–Kier alpha value is -0.910. The number of ether oxygens (including phenoxy) is 1. The fourth-order valence-electron chi connectivity index (χ4n) is 3.36. The molecule has 22 heavy (non-hydrogen) atoms. The van der Waals surface area contributed by atoms with Gasteiger partial charge in [-0.3, -0.25) is 10.00 Å². The number of aromatic amines is 1. The van der Waals surface area contributed by atoms with Gasteiger partial charge in [0, 0.05) is 37.9 Å². The second-order valence-corrected chi connectivity index (χ2v) is 7.79. The normalized spacial score (nSPS) is 25.8. The van der Waals surface area contributed by atoms with Crippen LogP contribution in [-0.2, 0) is 17.7 Å². The Bertz CT molecular complexity index is 484. The molecular formula is C17H31N3O2. The van der Waals surface area contributed by atoms with Crippen molar-refractivity contribution in [1.29, 1.82) is 0 Å². The van der Waals surface area contributed by atoms with E-state index in [1.165, 1.54) is 0 Å². The first-order chi connectivity index (χ1) is 10.3. The summed E-state index contributed by atoms with van der Waals surface area (Å²) in [6.45, 7) is 11.6. The number of nitrogens with zero attached hydrogens (tertiary/aromatic N) is 2. The van der Waals surface area contributed by atoms with Gasteiger partial charge in [0.05, 0.1) is 17.9 Å². The van der Waals surface area contributed by atoms with Crippen molar-refractivity contribution in [2.75, 3.05) is 26.8 Å². The van der Waals surface area contributed by atoms with Gasteiger partial charge in [-0.15, -0.1) is 0 Å². The molecule has 1 aromatic rings. The molecule has 1 atom stereocenters. The number of rotatable bonds is 6. The van der Waals surface area contributed by atoms with E-state index in [4.69, 9.17) is 4.74 Å². The van der Waals surface area contributed by atoms with Crippen LogP contribution < -0.4 is 0 Å². The maximum atomic E-state index is 10.8. The molecule has 1 aromatic heterocycles. The predicted octanol–water partition coefficient (Wildman–Crippen LogP) is 2.22. The van der Waals surface area contributed by atoms with Crippen molar-refractivity contribution in [3.8, 4) is 0 Å². The number of hydrogen-bond acceptors (Lipinski definition) is 4. The van der Waals surface area contributed by atoms with Crippen LogP contribution >= 0.6 is 0 Å². The molecule has 0 spiro atoms. The van der Waals surface area contributed by atoms with Crippen LogP contribution in [0, 0.1) is 11.3 Å². The average molecular weight is 309 g/mol. The molecule has 2 N–H and O–H groups in total. The fourth-order valence-corrected chi connectivity index (χ4v) is 3.36. The predicted molar refractivity (Wildman–Crippen MR) is 87.6 cm³/mol. The zero-order valence-electron chi connectivity index (χ0n) is 14.6. The molecule has 0 aliphatic carbocycles. The van der Waals surface area contributed by atoms with Crippen molar-refractivity contribution in [2.45, 2.75) is 52.7 Å². The number of hydrogen-bond donors (Lipinski definition) is 2. The number of piperidine rings is 1. The molecule has 1 aliphatic heterocycles. The summed E-state index contributed by atoms with van der Waals surface area (Å²) in [4.78, 5) is 2.39. The molecule has 2 heterocycles. The summed E-state index contributed by atoms with van der Waals surface area (Å²) in [5.74, 6) is 0.620. The minimum Gasteiger partial charge on any atom is -0.387 e. The number of aliphatic hydroxyl groups is 1. The van der Waals surface area contributed by atoms with Crippen molar-refractivity contribution in [3.63, 3.8) is 0 Å². The van der Waals surface area contributed by atoms with E-state index in [-0.39, 0.29) is 5.41 Å². The van der Waals surface area contributed by atoms with Gasteiger partial charge in [-0.1, -0.05) is 27.7 Å². The van der Waals surface area contributed by atoms with Crippen LogP contribution in [0.4, 0.5) is 0 Å². The van der Waals surface area contributed by atoms with E-state index >= 15 is 0 Å². The summed E-state index contributed by atoms with van der Waals surface area (Å²) in [5.41, 5.74) is 1.36. The van der Waals surface area contributed by atoms with E-state index in [0.29, 0.717) is 12.5 Å². The smallest absolute Gasteiger partial charge is 0.0954 e. The lowest BCUT2D eigenvalue weighted by Gasteiger charge is -2.50. The lowest BCUT2D eigenvalue weighted by molar-refractivity contribution is -0.151. The van der Waals surface area contributed by atoms with Crippen LogP contribution in [0.15, 0.2) is 6.07 Å². The van der Waals surface area contributed by atoms with Gasteiger partial charge in [-0.25, -0.2) is 0 Å². The molecule has 1 fully saturated rings. The molecule has 1 saturated heterocycles. The summed E-state index contributed by atoms with van der Waals surface area (Å²) >= 11 is 0. The largest absolute Gasteiger partial charge is 0.387 e. The zero-order valence-corrected chi connectivity index (χ0v) is 14.6. The summed E-state index contributed by atoms with van der Waals surface area (Å²) in [7, 11) is 1.65. The SMILES string of the molecule is COC[C@]1(O)CCN(Cc2cc(CC(C)C)n[nH]2)CC1(C)C. The van der Waals surface area contributed by atoms with E-state index in [2.05, 4.69) is 48.9 Å². The molecule has 0 saturated carbocycles. The minimum atomic E-state index is -0.741. The Labute approximate surface area is 134 Å². The summed E-state index contributed by atoms with van der Waals surface area (Å²) in [6.07, 6.45) is 1.75. The third-order valence-electron chi connectivity index (χ3n) is 4.80. The molecule has 2 rings (SSSR count). The maximum Gasteiger partial charge on any atom is 0.0954 e. The average Bonchev–Trinajstić information content (AvgIpc) is 2.81.